The van der Waals surface area contributed by atoms with Crippen LogP contribution >= 0.6 is 0 Å². The molecule has 0 N–H and O–H groups in total. The molecule has 0 saturated heterocycles. The molecule has 22 heavy (non-hydrogen) atoms. The van der Waals surface area contributed by atoms with Gasteiger partial charge in [-0.1, -0.05) is 74.0 Å². The lowest BCUT2D eigenvalue weighted by atomic mass is 9.99. The first-order chi connectivity index (χ1) is 10.7. The van der Waals surface area contributed by atoms with Crippen molar-refractivity contribution in [2.24, 2.45) is 0 Å². The fraction of sp³-hybridized carbons (Fsp3) is 0.381. The standard InChI is InChI=1S/C11H14O.C10H14/c1-10-5-7-11(8-6-10)4-2-3-9-12;1-3-9(2)10-7-5-4-6-8-10/h5-9H,2-4H2,1H3;4-9H,3H2,1-2H3. The van der Waals surface area contributed by atoms with Crippen molar-refractivity contribution in [3.63, 3.8) is 0 Å². The molecule has 2 rings (SSSR count). The molecule has 1 nitrogen and oxygen atoms in total. The van der Waals surface area contributed by atoms with E-state index in [2.05, 4.69) is 75.4 Å². The quantitative estimate of drug-likeness (QED) is 0.492. The predicted molar refractivity (Wildman–Crippen MR) is 95.3 cm³/mol. The van der Waals surface area contributed by atoms with Crippen LogP contribution in [0.2, 0.25) is 0 Å². The van der Waals surface area contributed by atoms with Crippen LogP contribution in [0.1, 0.15) is 55.7 Å². The molecule has 1 heteroatoms. The van der Waals surface area contributed by atoms with Crippen LogP contribution in [-0.4, -0.2) is 6.29 Å². The number of benzene rings is 2. The van der Waals surface area contributed by atoms with E-state index >= 15 is 0 Å². The third-order valence-electron chi connectivity index (χ3n) is 3.89. The average Bonchev–Trinajstić information content (AvgIpc) is 2.57. The maximum atomic E-state index is 10.0. The molecule has 2 aromatic rings. The molecule has 0 fully saturated rings. The van der Waals surface area contributed by atoms with Crippen molar-refractivity contribution in [1.29, 1.82) is 0 Å². The van der Waals surface area contributed by atoms with Crippen LogP contribution in [-0.2, 0) is 11.2 Å². The van der Waals surface area contributed by atoms with E-state index in [4.69, 9.17) is 0 Å². The average molecular weight is 296 g/mol. The van der Waals surface area contributed by atoms with Crippen LogP contribution in [0.3, 0.4) is 0 Å². The minimum absolute atomic E-state index is 0.674. The Morgan fingerprint density at radius 3 is 2.18 bits per heavy atom. The normalized spacial score (nSPS) is 11.2. The molecule has 0 spiro atoms. The Hall–Kier alpha value is -1.89. The highest BCUT2D eigenvalue weighted by Crippen LogP contribution is 2.16. The monoisotopic (exact) mass is 296 g/mol. The summed E-state index contributed by atoms with van der Waals surface area (Å²) in [5, 5.41) is 0. The second-order valence-corrected chi connectivity index (χ2v) is 5.76. The second-order valence-electron chi connectivity index (χ2n) is 5.76. The Labute approximate surface area is 135 Å². The van der Waals surface area contributed by atoms with Gasteiger partial charge in [-0.3, -0.25) is 0 Å². The van der Waals surface area contributed by atoms with E-state index in [1.807, 2.05) is 0 Å². The van der Waals surface area contributed by atoms with Crippen LogP contribution < -0.4 is 0 Å². The van der Waals surface area contributed by atoms with Crippen LogP contribution in [0.5, 0.6) is 0 Å². The molecule has 0 bridgehead atoms. The van der Waals surface area contributed by atoms with Crippen LogP contribution in [0, 0.1) is 6.92 Å². The van der Waals surface area contributed by atoms with E-state index in [9.17, 15) is 4.79 Å². The fourth-order valence-electron chi connectivity index (χ4n) is 2.16. The Morgan fingerprint density at radius 2 is 1.64 bits per heavy atom. The summed E-state index contributed by atoms with van der Waals surface area (Å²) in [5.41, 5.74) is 4.06. The Morgan fingerprint density at radius 1 is 1.00 bits per heavy atom. The highest BCUT2D eigenvalue weighted by atomic mass is 16.1. The summed E-state index contributed by atoms with van der Waals surface area (Å²) in [5.74, 6) is 0.709. The highest BCUT2D eigenvalue weighted by Gasteiger charge is 1.98. The molecular weight excluding hydrogens is 268 g/mol. The van der Waals surface area contributed by atoms with Gasteiger partial charge >= 0.3 is 0 Å². The zero-order valence-corrected chi connectivity index (χ0v) is 14.1. The minimum atomic E-state index is 0.674. The Bertz CT molecular complexity index is 513. The fourth-order valence-corrected chi connectivity index (χ4v) is 2.16. The van der Waals surface area contributed by atoms with E-state index in [0.29, 0.717) is 12.3 Å². The number of hydrogen-bond acceptors (Lipinski definition) is 1. The number of hydrogen-bond donors (Lipinski definition) is 0. The maximum Gasteiger partial charge on any atom is 0.120 e. The summed E-state index contributed by atoms with van der Waals surface area (Å²) in [7, 11) is 0. The van der Waals surface area contributed by atoms with Crippen molar-refractivity contribution in [2.75, 3.05) is 0 Å². The van der Waals surface area contributed by atoms with Gasteiger partial charge < -0.3 is 4.79 Å². The van der Waals surface area contributed by atoms with Gasteiger partial charge in [-0.05, 0) is 43.2 Å². The molecule has 0 radical (unpaired) electrons. The summed E-state index contributed by atoms with van der Waals surface area (Å²) in [6, 6.07) is 19.1. The van der Waals surface area contributed by atoms with Gasteiger partial charge in [0.25, 0.3) is 0 Å². The molecule has 0 saturated carbocycles. The first-order valence-electron chi connectivity index (χ1n) is 8.21. The Kier molecular flexibility index (Phi) is 8.90. The van der Waals surface area contributed by atoms with Crippen LogP contribution in [0.15, 0.2) is 54.6 Å². The summed E-state index contributed by atoms with van der Waals surface area (Å²) in [6.07, 6.45) is 4.86. The van der Waals surface area contributed by atoms with E-state index in [0.717, 1.165) is 19.1 Å². The lowest BCUT2D eigenvalue weighted by Gasteiger charge is -2.06. The predicted octanol–water partition coefficient (Wildman–Crippen LogP) is 5.72. The summed E-state index contributed by atoms with van der Waals surface area (Å²) < 4.78 is 0. The number of aryl methyl sites for hydroxylation is 2. The third-order valence-corrected chi connectivity index (χ3v) is 3.89. The van der Waals surface area contributed by atoms with Crippen molar-refractivity contribution in [3.05, 3.63) is 71.3 Å². The molecule has 0 aliphatic carbocycles. The minimum Gasteiger partial charge on any atom is -0.303 e. The molecule has 0 amide bonds. The first-order valence-corrected chi connectivity index (χ1v) is 8.21. The van der Waals surface area contributed by atoms with E-state index in [1.165, 1.54) is 23.1 Å². The van der Waals surface area contributed by atoms with E-state index < -0.39 is 0 Å². The van der Waals surface area contributed by atoms with Crippen LogP contribution in [0.25, 0.3) is 0 Å². The largest absolute Gasteiger partial charge is 0.303 e. The molecule has 0 aromatic heterocycles. The van der Waals surface area contributed by atoms with Gasteiger partial charge in [0, 0.05) is 6.42 Å². The summed E-state index contributed by atoms with van der Waals surface area (Å²) >= 11 is 0. The van der Waals surface area contributed by atoms with Gasteiger partial charge in [0.2, 0.25) is 0 Å². The van der Waals surface area contributed by atoms with Gasteiger partial charge in [0.05, 0.1) is 0 Å². The lowest BCUT2D eigenvalue weighted by Crippen LogP contribution is -1.88. The second kappa shape index (κ2) is 10.8. The lowest BCUT2D eigenvalue weighted by molar-refractivity contribution is -0.107. The topological polar surface area (TPSA) is 17.1 Å². The molecule has 118 valence electrons. The molecule has 1 atom stereocenters. The number of rotatable bonds is 6. The highest BCUT2D eigenvalue weighted by molar-refractivity contribution is 5.49. The number of carbonyl (C=O) groups is 1. The van der Waals surface area contributed by atoms with Crippen LogP contribution in [0.4, 0.5) is 0 Å². The first kappa shape index (κ1) is 18.2. The molecular formula is C21H28O. The van der Waals surface area contributed by atoms with E-state index in [-0.39, 0.29) is 0 Å². The smallest absolute Gasteiger partial charge is 0.120 e. The molecule has 0 aliphatic rings. The number of unbranched alkanes of at least 4 members (excludes halogenated alkanes) is 1. The van der Waals surface area contributed by atoms with Crippen molar-refractivity contribution in [2.45, 2.75) is 52.4 Å². The van der Waals surface area contributed by atoms with Crippen molar-refractivity contribution < 1.29 is 4.79 Å². The SMILES string of the molecule is CCC(C)c1ccccc1.Cc1ccc(CCCC=O)cc1. The summed E-state index contributed by atoms with van der Waals surface area (Å²) in [4.78, 5) is 10.0. The Balaban J connectivity index is 0.000000224. The molecule has 0 aliphatic heterocycles. The van der Waals surface area contributed by atoms with Gasteiger partial charge in [-0.25, -0.2) is 0 Å². The van der Waals surface area contributed by atoms with Gasteiger partial charge in [-0.2, -0.15) is 0 Å². The zero-order chi connectivity index (χ0) is 16.2. The zero-order valence-electron chi connectivity index (χ0n) is 14.1. The maximum absolute atomic E-state index is 10.0. The molecule has 0 heterocycles. The third kappa shape index (κ3) is 7.21. The number of carbonyl (C=O) groups excluding carboxylic acids is 1. The molecule has 2 aromatic carbocycles. The number of aldehydes is 1. The van der Waals surface area contributed by atoms with Crippen molar-refractivity contribution in [3.8, 4) is 0 Å². The van der Waals surface area contributed by atoms with Crippen molar-refractivity contribution >= 4 is 6.29 Å². The van der Waals surface area contributed by atoms with Crippen molar-refractivity contribution in [1.82, 2.24) is 0 Å². The van der Waals surface area contributed by atoms with Gasteiger partial charge in [-0.15, -0.1) is 0 Å². The summed E-state index contributed by atoms with van der Waals surface area (Å²) in [6.45, 7) is 6.56. The van der Waals surface area contributed by atoms with Gasteiger partial charge in [0.1, 0.15) is 6.29 Å². The van der Waals surface area contributed by atoms with Gasteiger partial charge in [0.15, 0.2) is 0 Å². The molecule has 1 unspecified atom stereocenters. The van der Waals surface area contributed by atoms with E-state index in [1.54, 1.807) is 0 Å².